The normalized spacial score (nSPS) is 47.1. The third-order valence-electron chi connectivity index (χ3n) is 8.21. The van der Waals surface area contributed by atoms with Crippen LogP contribution in [0, 0.1) is 28.6 Å². The van der Waals surface area contributed by atoms with Crippen molar-refractivity contribution in [3.8, 4) is 0 Å². The van der Waals surface area contributed by atoms with E-state index in [1.165, 1.54) is 5.57 Å². The fourth-order valence-electron chi connectivity index (χ4n) is 6.81. The number of aliphatic hydroxyl groups is 1. The first-order valence-corrected chi connectivity index (χ1v) is 11.3. The van der Waals surface area contributed by atoms with Crippen molar-refractivity contribution in [2.75, 3.05) is 6.61 Å². The first-order chi connectivity index (χ1) is 12.5. The number of fused-ring (bicyclic) bond motifs is 5. The van der Waals surface area contributed by atoms with Crippen molar-refractivity contribution < 1.29 is 14.6 Å². The van der Waals surface area contributed by atoms with Gasteiger partial charge in [0.15, 0.2) is 0 Å². The van der Waals surface area contributed by atoms with E-state index in [2.05, 4.69) is 19.9 Å². The Balaban J connectivity index is 1.64. The van der Waals surface area contributed by atoms with Crippen LogP contribution in [0.1, 0.15) is 58.8 Å². The van der Waals surface area contributed by atoms with Gasteiger partial charge in [0, 0.05) is 17.8 Å². The van der Waals surface area contributed by atoms with Gasteiger partial charge < -0.3 is 9.84 Å². The van der Waals surface area contributed by atoms with Crippen molar-refractivity contribution in [3.05, 3.63) is 11.6 Å². The molecule has 0 spiro atoms. The average Bonchev–Trinajstić information content (AvgIpc) is 2.84. The number of ether oxygens (including phenoxy) is 1. The maximum Gasteiger partial charge on any atom is 0.213 e. The number of hydrogen-bond acceptors (Lipinski definition) is 3. The van der Waals surface area contributed by atoms with Gasteiger partial charge in [-0.1, -0.05) is 60.3 Å². The average molecular weight is 436 g/mol. The van der Waals surface area contributed by atoms with E-state index in [9.17, 15) is 9.90 Å². The predicted molar refractivity (Wildman–Crippen MR) is 108 cm³/mol. The van der Waals surface area contributed by atoms with Crippen molar-refractivity contribution >= 4 is 40.6 Å². The summed E-state index contributed by atoms with van der Waals surface area (Å²) in [5, 5.41) is 10.1. The van der Waals surface area contributed by atoms with Crippen LogP contribution >= 0.6 is 34.8 Å². The molecule has 4 aliphatic rings. The molecular weight excluding hydrogens is 407 g/mol. The lowest BCUT2D eigenvalue weighted by Crippen LogP contribution is -2.52. The van der Waals surface area contributed by atoms with E-state index < -0.39 is 3.79 Å². The van der Waals surface area contributed by atoms with Crippen LogP contribution in [0.15, 0.2) is 11.6 Å². The molecule has 0 unspecified atom stereocenters. The van der Waals surface area contributed by atoms with Crippen LogP contribution in [0.4, 0.5) is 0 Å². The van der Waals surface area contributed by atoms with Crippen molar-refractivity contribution in [2.45, 2.75) is 74.8 Å². The molecule has 4 aliphatic carbocycles. The van der Waals surface area contributed by atoms with E-state index in [0.29, 0.717) is 24.0 Å². The molecular formula is C21H29Cl3O3. The second kappa shape index (κ2) is 6.87. The third-order valence-corrected chi connectivity index (χ3v) is 8.54. The molecule has 0 aromatic carbocycles. The minimum atomic E-state index is -1.46. The van der Waals surface area contributed by atoms with Gasteiger partial charge in [0.05, 0.1) is 18.8 Å². The van der Waals surface area contributed by atoms with Gasteiger partial charge in [-0.25, -0.2) is 0 Å². The molecule has 0 aromatic rings. The second-order valence-electron chi connectivity index (χ2n) is 9.62. The molecule has 3 saturated carbocycles. The van der Waals surface area contributed by atoms with Crippen molar-refractivity contribution in [2.24, 2.45) is 28.6 Å². The monoisotopic (exact) mass is 434 g/mol. The largest absolute Gasteiger partial charge is 0.393 e. The number of carbonyl (C=O) groups is 1. The number of Topliss-reactive ketones (excluding diaryl/α,β-unsaturated/α-hetero) is 1. The molecule has 0 aliphatic heterocycles. The highest BCUT2D eigenvalue weighted by molar-refractivity contribution is 6.67. The molecule has 0 radical (unpaired) electrons. The van der Waals surface area contributed by atoms with E-state index in [4.69, 9.17) is 39.5 Å². The van der Waals surface area contributed by atoms with Gasteiger partial charge in [0.1, 0.15) is 5.78 Å². The molecule has 7 atom stereocenters. The molecule has 152 valence electrons. The van der Waals surface area contributed by atoms with Gasteiger partial charge in [-0.15, -0.1) is 0 Å². The molecule has 0 bridgehead atoms. The van der Waals surface area contributed by atoms with Gasteiger partial charge in [0.2, 0.25) is 3.79 Å². The lowest BCUT2D eigenvalue weighted by atomic mass is 9.48. The zero-order valence-electron chi connectivity index (χ0n) is 16.0. The zero-order chi connectivity index (χ0) is 19.6. The Morgan fingerprint density at radius 2 is 1.89 bits per heavy atom. The van der Waals surface area contributed by atoms with Crippen molar-refractivity contribution in [3.63, 3.8) is 0 Å². The standard InChI is InChI=1S/C21H29Cl3O3/c1-19-7-5-13(25)9-12(19)3-4-14-15(19)6-8-20(2)17(26)10-16(18(14)20)27-11-21(22,23)24/h3,13-16,18,25H,4-11H2,1-2H3/t13-,14+,15-,16+,18+,19-,20+/m0/s1. The third kappa shape index (κ3) is 3.40. The van der Waals surface area contributed by atoms with Crippen LogP contribution in [-0.4, -0.2) is 33.5 Å². The number of rotatable bonds is 2. The number of halogens is 3. The summed E-state index contributed by atoms with van der Waals surface area (Å²) >= 11 is 17.7. The Hall–Kier alpha value is 0.200. The minimum Gasteiger partial charge on any atom is -0.393 e. The van der Waals surface area contributed by atoms with Crippen LogP contribution in [0.5, 0.6) is 0 Å². The summed E-state index contributed by atoms with van der Waals surface area (Å²) in [4.78, 5) is 12.9. The molecule has 6 heteroatoms. The summed E-state index contributed by atoms with van der Waals surface area (Å²) in [6, 6.07) is 0. The maximum atomic E-state index is 12.9. The minimum absolute atomic E-state index is 0.0180. The SMILES string of the molecule is C[C@]12CC[C@H](O)CC1=CC[C@H]1[C@@H]3[C@H](OCC(Cl)(Cl)Cl)CC(=O)[C@@]3(C)CC[C@@H]12. The van der Waals surface area contributed by atoms with Crippen LogP contribution < -0.4 is 0 Å². The number of aliphatic hydroxyl groups excluding tert-OH is 1. The highest BCUT2D eigenvalue weighted by atomic mass is 35.6. The smallest absolute Gasteiger partial charge is 0.213 e. The summed E-state index contributed by atoms with van der Waals surface area (Å²) in [5.74, 6) is 1.43. The van der Waals surface area contributed by atoms with Crippen LogP contribution in [0.3, 0.4) is 0 Å². The van der Waals surface area contributed by atoms with Crippen LogP contribution in [0.2, 0.25) is 0 Å². The summed E-state index contributed by atoms with van der Waals surface area (Å²) in [7, 11) is 0. The van der Waals surface area contributed by atoms with Crippen LogP contribution in [0.25, 0.3) is 0 Å². The fourth-order valence-corrected chi connectivity index (χ4v) is 7.00. The number of hydrogen-bond donors (Lipinski definition) is 1. The Labute approximate surface area is 176 Å². The fraction of sp³-hybridized carbons (Fsp3) is 0.857. The first kappa shape index (κ1) is 20.5. The molecule has 3 nitrogen and oxygen atoms in total. The lowest BCUT2D eigenvalue weighted by Gasteiger charge is -2.57. The summed E-state index contributed by atoms with van der Waals surface area (Å²) in [5.41, 5.74) is 1.23. The molecule has 27 heavy (non-hydrogen) atoms. The molecule has 1 N–H and O–H groups in total. The number of ketones is 1. The summed E-state index contributed by atoms with van der Waals surface area (Å²) in [6.45, 7) is 4.52. The van der Waals surface area contributed by atoms with Gasteiger partial charge in [-0.05, 0) is 55.8 Å². The Bertz CT molecular complexity index is 658. The highest BCUT2D eigenvalue weighted by Crippen LogP contribution is 2.64. The molecule has 4 rings (SSSR count). The molecule has 0 aromatic heterocycles. The van der Waals surface area contributed by atoms with Crippen LogP contribution in [-0.2, 0) is 9.53 Å². The number of allylic oxidation sites excluding steroid dienone is 1. The molecule has 0 amide bonds. The van der Waals surface area contributed by atoms with E-state index in [-0.39, 0.29) is 35.6 Å². The van der Waals surface area contributed by atoms with E-state index in [0.717, 1.165) is 38.5 Å². The van der Waals surface area contributed by atoms with Gasteiger partial charge in [-0.2, -0.15) is 0 Å². The second-order valence-corrected chi connectivity index (χ2v) is 12.1. The molecule has 0 heterocycles. The van der Waals surface area contributed by atoms with Gasteiger partial charge in [-0.3, -0.25) is 4.79 Å². The topological polar surface area (TPSA) is 46.5 Å². The first-order valence-electron chi connectivity index (χ1n) is 10.1. The number of alkyl halides is 3. The number of carbonyl (C=O) groups excluding carboxylic acids is 1. The molecule has 3 fully saturated rings. The summed E-state index contributed by atoms with van der Waals surface area (Å²) < 4.78 is 4.57. The van der Waals surface area contributed by atoms with Crippen molar-refractivity contribution in [1.82, 2.24) is 0 Å². The quantitative estimate of drug-likeness (QED) is 0.476. The Morgan fingerprint density at radius 1 is 1.19 bits per heavy atom. The Kier molecular flexibility index (Phi) is 5.21. The lowest BCUT2D eigenvalue weighted by molar-refractivity contribution is -0.133. The Morgan fingerprint density at radius 3 is 2.59 bits per heavy atom. The molecule has 0 saturated heterocycles. The highest BCUT2D eigenvalue weighted by Gasteiger charge is 2.62. The van der Waals surface area contributed by atoms with Crippen molar-refractivity contribution in [1.29, 1.82) is 0 Å². The summed E-state index contributed by atoms with van der Waals surface area (Å²) in [6.07, 6.45) is 8.05. The van der Waals surface area contributed by atoms with E-state index in [1.807, 2.05) is 0 Å². The van der Waals surface area contributed by atoms with E-state index in [1.54, 1.807) is 0 Å². The van der Waals surface area contributed by atoms with Gasteiger partial charge >= 0.3 is 0 Å². The zero-order valence-corrected chi connectivity index (χ0v) is 18.3. The van der Waals surface area contributed by atoms with E-state index >= 15 is 0 Å². The maximum absolute atomic E-state index is 12.9. The van der Waals surface area contributed by atoms with Gasteiger partial charge in [0.25, 0.3) is 0 Å². The predicted octanol–water partition coefficient (Wildman–Crippen LogP) is 5.24.